The Labute approximate surface area is 183 Å². The molecule has 3 N–H and O–H groups in total. The van der Waals surface area contributed by atoms with Crippen molar-refractivity contribution in [2.24, 2.45) is 5.73 Å². The van der Waals surface area contributed by atoms with Crippen LogP contribution in [0.5, 0.6) is 5.75 Å². The third-order valence-electron chi connectivity index (χ3n) is 5.03. The summed E-state index contributed by atoms with van der Waals surface area (Å²) in [5.41, 5.74) is 8.85. The Morgan fingerprint density at radius 1 is 0.903 bits per heavy atom. The van der Waals surface area contributed by atoms with Crippen LogP contribution in [0.3, 0.4) is 0 Å². The van der Waals surface area contributed by atoms with E-state index in [-0.39, 0.29) is 11.3 Å². The molecule has 0 fully saturated rings. The molecule has 5 heteroatoms. The number of benzene rings is 3. The zero-order valence-electron chi connectivity index (χ0n) is 18.1. The Bertz CT molecular complexity index is 1020. The van der Waals surface area contributed by atoms with Gasteiger partial charge in [-0.25, -0.2) is 0 Å². The van der Waals surface area contributed by atoms with Crippen molar-refractivity contribution in [3.63, 3.8) is 0 Å². The summed E-state index contributed by atoms with van der Waals surface area (Å²) < 4.78 is 5.85. The predicted octanol–water partition coefficient (Wildman–Crippen LogP) is 4.52. The molecule has 160 valence electrons. The molecule has 3 aromatic rings. The van der Waals surface area contributed by atoms with Crippen LogP contribution in [-0.2, 0) is 16.8 Å². The number of hydrogen-bond acceptors (Lipinski definition) is 3. The smallest absolute Gasteiger partial charge is 0.252 e. The topological polar surface area (TPSA) is 81.4 Å². The number of hydrogen-bond donors (Lipinski definition) is 2. The number of rotatable bonds is 7. The molecule has 0 heterocycles. The van der Waals surface area contributed by atoms with E-state index in [1.807, 2.05) is 30.3 Å². The molecule has 1 unspecified atom stereocenters. The number of nitrogens with one attached hydrogen (secondary N) is 1. The second kappa shape index (κ2) is 9.47. The lowest BCUT2D eigenvalue weighted by atomic mass is 9.87. The van der Waals surface area contributed by atoms with Gasteiger partial charge in [0.1, 0.15) is 18.4 Å². The van der Waals surface area contributed by atoms with E-state index < -0.39 is 11.9 Å². The minimum Gasteiger partial charge on any atom is -0.489 e. The highest BCUT2D eigenvalue weighted by Crippen LogP contribution is 2.24. The maximum absolute atomic E-state index is 12.6. The summed E-state index contributed by atoms with van der Waals surface area (Å²) in [5.74, 6) is -0.179. The van der Waals surface area contributed by atoms with Crippen molar-refractivity contribution in [2.45, 2.75) is 38.8 Å². The molecule has 0 radical (unpaired) electrons. The Balaban J connectivity index is 1.60. The number of carbonyl (C=O) groups excluding carboxylic acids is 2. The molecule has 2 amide bonds. The summed E-state index contributed by atoms with van der Waals surface area (Å²) in [6.45, 7) is 6.91. The first-order valence-corrected chi connectivity index (χ1v) is 10.2. The van der Waals surface area contributed by atoms with Gasteiger partial charge in [0.15, 0.2) is 0 Å². The molecule has 0 spiro atoms. The van der Waals surface area contributed by atoms with Gasteiger partial charge in [0, 0.05) is 5.56 Å². The third-order valence-corrected chi connectivity index (χ3v) is 5.03. The van der Waals surface area contributed by atoms with Gasteiger partial charge in [-0.15, -0.1) is 0 Å². The zero-order valence-corrected chi connectivity index (χ0v) is 18.1. The van der Waals surface area contributed by atoms with Crippen LogP contribution in [0, 0.1) is 0 Å². The van der Waals surface area contributed by atoms with Gasteiger partial charge in [-0.2, -0.15) is 0 Å². The second-order valence-corrected chi connectivity index (χ2v) is 8.48. The summed E-state index contributed by atoms with van der Waals surface area (Å²) in [6.07, 6.45) is 0. The summed E-state index contributed by atoms with van der Waals surface area (Å²) in [6, 6.07) is 23.2. The average Bonchev–Trinajstić information content (AvgIpc) is 2.76. The monoisotopic (exact) mass is 416 g/mol. The lowest BCUT2D eigenvalue weighted by Crippen LogP contribution is -2.37. The largest absolute Gasteiger partial charge is 0.489 e. The molecule has 0 aliphatic heterocycles. The van der Waals surface area contributed by atoms with E-state index in [2.05, 4.69) is 38.2 Å². The van der Waals surface area contributed by atoms with Gasteiger partial charge in [-0.3, -0.25) is 9.59 Å². The lowest BCUT2D eigenvalue weighted by Gasteiger charge is -2.19. The van der Waals surface area contributed by atoms with E-state index >= 15 is 0 Å². The van der Waals surface area contributed by atoms with E-state index in [0.29, 0.717) is 17.7 Å². The maximum Gasteiger partial charge on any atom is 0.252 e. The standard InChI is InChI=1S/C26H28N2O3/c1-26(2,3)21-13-15-22(16-14-21)31-17-18-9-11-20(12-10-18)25(30)28-23(24(27)29)19-7-5-4-6-8-19/h4-16,23H,17H2,1-3H3,(H2,27,29)(H,28,30). The molecule has 1 atom stereocenters. The molecule has 0 saturated heterocycles. The highest BCUT2D eigenvalue weighted by atomic mass is 16.5. The van der Waals surface area contributed by atoms with Crippen LogP contribution in [0.4, 0.5) is 0 Å². The van der Waals surface area contributed by atoms with Gasteiger partial charge in [-0.1, -0.05) is 75.4 Å². The molecule has 0 aromatic heterocycles. The maximum atomic E-state index is 12.6. The summed E-state index contributed by atoms with van der Waals surface area (Å²) in [7, 11) is 0. The van der Waals surface area contributed by atoms with Crippen molar-refractivity contribution >= 4 is 11.8 Å². The fourth-order valence-corrected chi connectivity index (χ4v) is 3.15. The van der Waals surface area contributed by atoms with E-state index in [9.17, 15) is 9.59 Å². The van der Waals surface area contributed by atoms with Crippen molar-refractivity contribution in [3.05, 3.63) is 101 Å². The van der Waals surface area contributed by atoms with Gasteiger partial charge in [-0.05, 0) is 46.4 Å². The highest BCUT2D eigenvalue weighted by Gasteiger charge is 2.20. The van der Waals surface area contributed by atoms with Gasteiger partial charge >= 0.3 is 0 Å². The number of nitrogens with two attached hydrogens (primary N) is 1. The number of amides is 2. The van der Waals surface area contributed by atoms with Gasteiger partial charge < -0.3 is 15.8 Å². The highest BCUT2D eigenvalue weighted by molar-refractivity contribution is 5.97. The van der Waals surface area contributed by atoms with Gasteiger partial charge in [0.05, 0.1) is 0 Å². The molecule has 0 bridgehead atoms. The van der Waals surface area contributed by atoms with E-state index in [1.165, 1.54) is 5.56 Å². The van der Waals surface area contributed by atoms with Crippen LogP contribution >= 0.6 is 0 Å². The minimum atomic E-state index is -0.882. The van der Waals surface area contributed by atoms with Crippen LogP contribution in [0.15, 0.2) is 78.9 Å². The van der Waals surface area contributed by atoms with E-state index in [0.717, 1.165) is 11.3 Å². The number of ether oxygens (including phenoxy) is 1. The van der Waals surface area contributed by atoms with Gasteiger partial charge in [0.25, 0.3) is 5.91 Å². The fraction of sp³-hybridized carbons (Fsp3) is 0.231. The molecule has 5 nitrogen and oxygen atoms in total. The van der Waals surface area contributed by atoms with E-state index in [4.69, 9.17) is 10.5 Å². The van der Waals surface area contributed by atoms with Crippen molar-refractivity contribution in [1.82, 2.24) is 5.32 Å². The Kier molecular flexibility index (Phi) is 6.75. The van der Waals surface area contributed by atoms with E-state index in [1.54, 1.807) is 36.4 Å². The number of carbonyl (C=O) groups is 2. The number of primary amides is 1. The first-order valence-electron chi connectivity index (χ1n) is 10.2. The normalized spacial score (nSPS) is 12.1. The molecular formula is C26H28N2O3. The Morgan fingerprint density at radius 2 is 1.52 bits per heavy atom. The van der Waals surface area contributed by atoms with Crippen LogP contribution < -0.4 is 15.8 Å². The van der Waals surface area contributed by atoms with Crippen LogP contribution in [-0.4, -0.2) is 11.8 Å². The first kappa shape index (κ1) is 22.1. The van der Waals surface area contributed by atoms with Crippen LogP contribution in [0.1, 0.15) is 53.9 Å². The molecular weight excluding hydrogens is 388 g/mol. The van der Waals surface area contributed by atoms with Crippen LogP contribution in [0.2, 0.25) is 0 Å². The second-order valence-electron chi connectivity index (χ2n) is 8.48. The fourth-order valence-electron chi connectivity index (χ4n) is 3.15. The molecule has 0 aliphatic carbocycles. The first-order chi connectivity index (χ1) is 14.7. The summed E-state index contributed by atoms with van der Waals surface area (Å²) in [4.78, 5) is 24.4. The Morgan fingerprint density at radius 3 is 2.06 bits per heavy atom. The molecule has 0 aliphatic rings. The van der Waals surface area contributed by atoms with Crippen molar-refractivity contribution < 1.29 is 14.3 Å². The van der Waals surface area contributed by atoms with Crippen molar-refractivity contribution in [1.29, 1.82) is 0 Å². The molecule has 31 heavy (non-hydrogen) atoms. The SMILES string of the molecule is CC(C)(C)c1ccc(OCc2ccc(C(=O)NC(C(N)=O)c3ccccc3)cc2)cc1. The van der Waals surface area contributed by atoms with Crippen LogP contribution in [0.25, 0.3) is 0 Å². The zero-order chi connectivity index (χ0) is 22.4. The average molecular weight is 417 g/mol. The summed E-state index contributed by atoms with van der Waals surface area (Å²) in [5, 5.41) is 2.70. The molecule has 0 saturated carbocycles. The quantitative estimate of drug-likeness (QED) is 0.594. The predicted molar refractivity (Wildman–Crippen MR) is 122 cm³/mol. The minimum absolute atomic E-state index is 0.100. The lowest BCUT2D eigenvalue weighted by molar-refractivity contribution is -0.120. The van der Waals surface area contributed by atoms with Crippen molar-refractivity contribution in [3.8, 4) is 5.75 Å². The summed E-state index contributed by atoms with van der Waals surface area (Å²) >= 11 is 0. The van der Waals surface area contributed by atoms with Gasteiger partial charge in [0.2, 0.25) is 5.91 Å². The molecule has 3 aromatic carbocycles. The Hall–Kier alpha value is -3.60. The molecule has 3 rings (SSSR count). The van der Waals surface area contributed by atoms with Crippen molar-refractivity contribution in [2.75, 3.05) is 0 Å². The third kappa shape index (κ3) is 5.95.